The van der Waals surface area contributed by atoms with Gasteiger partial charge in [0.1, 0.15) is 11.3 Å². The fourth-order valence-electron chi connectivity index (χ4n) is 1.80. The fraction of sp³-hybridized carbons (Fsp3) is 0.800. The van der Waals surface area contributed by atoms with Crippen LogP contribution in [-0.4, -0.2) is 46.4 Å². The smallest absolute Gasteiger partial charge is 0.407 e. The van der Waals surface area contributed by atoms with E-state index in [-0.39, 0.29) is 0 Å². The van der Waals surface area contributed by atoms with E-state index in [2.05, 4.69) is 15.6 Å². The highest BCUT2D eigenvalue weighted by Crippen LogP contribution is 2.15. The van der Waals surface area contributed by atoms with Gasteiger partial charge in [0.05, 0.1) is 6.20 Å². The standard InChI is InChI=1S/C15H28N4O4/c1-6-21-13(22-7-2)12-11-19(18-17-12)10-8-9-16-14(20)23-15(3,4)5/h11,13H,6-10H2,1-5H3,(H,16,20). The number of ether oxygens (including phenoxy) is 3. The third-order valence-electron chi connectivity index (χ3n) is 2.67. The number of carbonyl (C=O) groups is 1. The monoisotopic (exact) mass is 328 g/mol. The molecule has 1 aromatic heterocycles. The Morgan fingerprint density at radius 2 is 1.96 bits per heavy atom. The lowest BCUT2D eigenvalue weighted by atomic mass is 10.2. The zero-order chi connectivity index (χ0) is 17.3. The molecule has 0 aliphatic rings. The van der Waals surface area contributed by atoms with Crippen LogP contribution in [0.25, 0.3) is 0 Å². The van der Waals surface area contributed by atoms with Gasteiger partial charge in [-0.15, -0.1) is 5.10 Å². The van der Waals surface area contributed by atoms with E-state index in [1.54, 1.807) is 10.9 Å². The van der Waals surface area contributed by atoms with Gasteiger partial charge in [-0.25, -0.2) is 4.79 Å². The number of aromatic nitrogens is 3. The Morgan fingerprint density at radius 3 is 2.52 bits per heavy atom. The van der Waals surface area contributed by atoms with Crippen molar-refractivity contribution in [3.8, 4) is 0 Å². The van der Waals surface area contributed by atoms with Gasteiger partial charge in [0.2, 0.25) is 6.29 Å². The van der Waals surface area contributed by atoms with Crippen LogP contribution in [0, 0.1) is 0 Å². The second-order valence-corrected chi connectivity index (χ2v) is 5.93. The lowest BCUT2D eigenvalue weighted by molar-refractivity contribution is -0.142. The van der Waals surface area contributed by atoms with Crippen LogP contribution in [0.15, 0.2) is 6.20 Å². The van der Waals surface area contributed by atoms with Crippen molar-refractivity contribution in [3.05, 3.63) is 11.9 Å². The van der Waals surface area contributed by atoms with Crippen LogP contribution < -0.4 is 5.32 Å². The van der Waals surface area contributed by atoms with Gasteiger partial charge in [-0.05, 0) is 41.0 Å². The van der Waals surface area contributed by atoms with Gasteiger partial charge >= 0.3 is 6.09 Å². The van der Waals surface area contributed by atoms with Crippen LogP contribution in [0.4, 0.5) is 4.79 Å². The fourth-order valence-corrected chi connectivity index (χ4v) is 1.80. The molecular formula is C15H28N4O4. The molecular weight excluding hydrogens is 300 g/mol. The predicted molar refractivity (Wildman–Crippen MR) is 84.9 cm³/mol. The summed E-state index contributed by atoms with van der Waals surface area (Å²) in [7, 11) is 0. The first-order chi connectivity index (χ1) is 10.9. The number of alkyl carbamates (subject to hydrolysis) is 1. The summed E-state index contributed by atoms with van der Waals surface area (Å²) < 4.78 is 17.8. The van der Waals surface area contributed by atoms with E-state index in [1.165, 1.54) is 0 Å². The molecule has 0 atom stereocenters. The summed E-state index contributed by atoms with van der Waals surface area (Å²) >= 11 is 0. The normalized spacial score (nSPS) is 11.7. The maximum Gasteiger partial charge on any atom is 0.407 e. The second kappa shape index (κ2) is 9.46. The van der Waals surface area contributed by atoms with Crippen molar-refractivity contribution in [2.75, 3.05) is 19.8 Å². The first-order valence-electron chi connectivity index (χ1n) is 7.95. The van der Waals surface area contributed by atoms with Gasteiger partial charge in [0.25, 0.3) is 0 Å². The minimum Gasteiger partial charge on any atom is -0.444 e. The van der Waals surface area contributed by atoms with Crippen molar-refractivity contribution in [2.45, 2.75) is 59.5 Å². The molecule has 8 heteroatoms. The van der Waals surface area contributed by atoms with Gasteiger partial charge in [-0.1, -0.05) is 5.21 Å². The first-order valence-corrected chi connectivity index (χ1v) is 7.95. The highest BCUT2D eigenvalue weighted by molar-refractivity contribution is 5.67. The van der Waals surface area contributed by atoms with Crippen molar-refractivity contribution in [3.63, 3.8) is 0 Å². The minimum atomic E-state index is -0.488. The Morgan fingerprint density at radius 1 is 1.30 bits per heavy atom. The highest BCUT2D eigenvalue weighted by Gasteiger charge is 2.16. The largest absolute Gasteiger partial charge is 0.444 e. The summed E-state index contributed by atoms with van der Waals surface area (Å²) in [6.45, 7) is 11.5. The number of rotatable bonds is 9. The lowest BCUT2D eigenvalue weighted by Gasteiger charge is -2.19. The number of nitrogens with one attached hydrogen (secondary N) is 1. The number of amides is 1. The number of nitrogens with zero attached hydrogens (tertiary/aromatic N) is 3. The van der Waals surface area contributed by atoms with E-state index in [0.717, 1.165) is 6.42 Å². The highest BCUT2D eigenvalue weighted by atomic mass is 16.7. The third-order valence-corrected chi connectivity index (χ3v) is 2.67. The molecule has 1 heterocycles. The average molecular weight is 328 g/mol. The number of aryl methyl sites for hydroxylation is 1. The molecule has 0 fully saturated rings. The minimum absolute atomic E-state index is 0.412. The number of hydrogen-bond acceptors (Lipinski definition) is 6. The van der Waals surface area contributed by atoms with Gasteiger partial charge < -0.3 is 19.5 Å². The van der Waals surface area contributed by atoms with Gasteiger partial charge in [0, 0.05) is 26.3 Å². The molecule has 0 radical (unpaired) electrons. The van der Waals surface area contributed by atoms with Crippen LogP contribution in [0.5, 0.6) is 0 Å². The van der Waals surface area contributed by atoms with E-state index in [4.69, 9.17) is 14.2 Å². The summed E-state index contributed by atoms with van der Waals surface area (Å²) in [5, 5.41) is 10.8. The maximum atomic E-state index is 11.5. The Hall–Kier alpha value is -1.67. The van der Waals surface area contributed by atoms with E-state index in [0.29, 0.717) is 32.0 Å². The molecule has 0 saturated heterocycles. The van der Waals surface area contributed by atoms with Crippen molar-refractivity contribution in [2.24, 2.45) is 0 Å². The van der Waals surface area contributed by atoms with Crippen LogP contribution in [-0.2, 0) is 20.8 Å². The second-order valence-electron chi connectivity index (χ2n) is 5.93. The van der Waals surface area contributed by atoms with Crippen LogP contribution in [0.3, 0.4) is 0 Å². The molecule has 0 spiro atoms. The van der Waals surface area contributed by atoms with Crippen molar-refractivity contribution >= 4 is 6.09 Å². The Balaban J connectivity index is 2.35. The molecule has 23 heavy (non-hydrogen) atoms. The average Bonchev–Trinajstić information content (AvgIpc) is 2.90. The SMILES string of the molecule is CCOC(OCC)c1cn(CCCNC(=O)OC(C)(C)C)nn1. The molecule has 0 aromatic carbocycles. The molecule has 0 bridgehead atoms. The summed E-state index contributed by atoms with van der Waals surface area (Å²) in [4.78, 5) is 11.5. The summed E-state index contributed by atoms with van der Waals surface area (Å²) in [6, 6.07) is 0. The molecule has 1 rings (SSSR count). The van der Waals surface area contributed by atoms with Crippen molar-refractivity contribution in [1.82, 2.24) is 20.3 Å². The van der Waals surface area contributed by atoms with Crippen molar-refractivity contribution < 1.29 is 19.0 Å². The zero-order valence-corrected chi connectivity index (χ0v) is 14.7. The summed E-state index contributed by atoms with van der Waals surface area (Å²) in [5.74, 6) is 0. The van der Waals surface area contributed by atoms with Crippen molar-refractivity contribution in [1.29, 1.82) is 0 Å². The Labute approximate surface area is 137 Å². The van der Waals surface area contributed by atoms with E-state index >= 15 is 0 Å². The molecule has 0 unspecified atom stereocenters. The third kappa shape index (κ3) is 7.94. The number of carbonyl (C=O) groups excluding carboxylic acids is 1. The molecule has 1 aromatic rings. The first kappa shape index (κ1) is 19.4. The van der Waals surface area contributed by atoms with Gasteiger partial charge in [-0.3, -0.25) is 4.68 Å². The molecule has 132 valence electrons. The van der Waals surface area contributed by atoms with E-state index in [9.17, 15) is 4.79 Å². The van der Waals surface area contributed by atoms with Gasteiger partial charge in [0.15, 0.2) is 0 Å². The molecule has 1 amide bonds. The maximum absolute atomic E-state index is 11.5. The molecule has 0 aliphatic carbocycles. The van der Waals surface area contributed by atoms with E-state index in [1.807, 2.05) is 34.6 Å². The number of hydrogen-bond donors (Lipinski definition) is 1. The van der Waals surface area contributed by atoms with Crippen LogP contribution in [0.2, 0.25) is 0 Å². The summed E-state index contributed by atoms with van der Waals surface area (Å²) in [6.07, 6.45) is 1.61. The molecule has 1 N–H and O–H groups in total. The molecule has 0 aliphatic heterocycles. The summed E-state index contributed by atoms with van der Waals surface area (Å²) in [5.41, 5.74) is 0.159. The van der Waals surface area contributed by atoms with E-state index < -0.39 is 18.0 Å². The lowest BCUT2D eigenvalue weighted by Crippen LogP contribution is -2.33. The Kier molecular flexibility index (Phi) is 7.97. The van der Waals surface area contributed by atoms with Crippen LogP contribution in [0.1, 0.15) is 53.0 Å². The topological polar surface area (TPSA) is 87.5 Å². The predicted octanol–water partition coefficient (Wildman–Crippen LogP) is 2.26. The van der Waals surface area contributed by atoms with Gasteiger partial charge in [-0.2, -0.15) is 0 Å². The molecule has 0 saturated carbocycles. The zero-order valence-electron chi connectivity index (χ0n) is 14.7. The quantitative estimate of drug-likeness (QED) is 0.552. The van der Waals surface area contributed by atoms with Crippen LogP contribution >= 0.6 is 0 Å². The molecule has 8 nitrogen and oxygen atoms in total. The Bertz CT molecular complexity index is 464.